The number of carboxylic acids is 1. The number of carboxylic acid groups (broad SMARTS) is 1. The van der Waals surface area contributed by atoms with Crippen LogP contribution in [0.25, 0.3) is 16.7 Å². The van der Waals surface area contributed by atoms with E-state index < -0.39 is 11.9 Å². The maximum absolute atomic E-state index is 13.2. The molecule has 40 heavy (non-hydrogen) atoms. The zero-order valence-electron chi connectivity index (χ0n) is 21.6. The summed E-state index contributed by atoms with van der Waals surface area (Å²) in [4.78, 5) is 37.9. The van der Waals surface area contributed by atoms with E-state index in [0.29, 0.717) is 44.3 Å². The van der Waals surface area contributed by atoms with E-state index in [-0.39, 0.29) is 17.4 Å². The maximum atomic E-state index is 13.2. The van der Waals surface area contributed by atoms with Gasteiger partial charge in [-0.1, -0.05) is 65.2 Å². The number of benzene rings is 4. The molecule has 0 aromatic heterocycles. The van der Waals surface area contributed by atoms with Crippen LogP contribution >= 0.6 is 11.6 Å². The standard InChI is InChI=1S/C32H24ClN3O4/c1-16-9-17(2)11-20(10-16)27-29-25(13-21(33)14-26(29)36-31(27)38)34-15-23-28-22(7-4-8-24(28)35-30(23)37)18-5-3-6-19(12-18)32(39)40/h3-15,27,34H,1-2H3,(H,35,37)(H,36,38)(H,39,40). The molecule has 7 nitrogen and oxygen atoms in total. The van der Waals surface area contributed by atoms with Crippen LogP contribution in [0.3, 0.4) is 0 Å². The molecule has 1 atom stereocenters. The highest BCUT2D eigenvalue weighted by Gasteiger charge is 2.35. The normalized spacial score (nSPS) is 16.4. The predicted molar refractivity (Wildman–Crippen MR) is 157 cm³/mol. The van der Waals surface area contributed by atoms with Gasteiger partial charge >= 0.3 is 5.97 Å². The number of carbonyl (C=O) groups excluding carboxylic acids is 2. The summed E-state index contributed by atoms with van der Waals surface area (Å²) in [5.41, 5.74) is 8.14. The number of halogens is 1. The van der Waals surface area contributed by atoms with Crippen molar-refractivity contribution in [2.45, 2.75) is 19.8 Å². The van der Waals surface area contributed by atoms with Crippen molar-refractivity contribution in [2.24, 2.45) is 0 Å². The fourth-order valence-corrected chi connectivity index (χ4v) is 5.80. The molecule has 0 saturated heterocycles. The van der Waals surface area contributed by atoms with Gasteiger partial charge in [0.25, 0.3) is 5.91 Å². The Hall–Kier alpha value is -4.88. The molecule has 0 spiro atoms. The van der Waals surface area contributed by atoms with Gasteiger partial charge in [-0.2, -0.15) is 0 Å². The smallest absolute Gasteiger partial charge is 0.335 e. The van der Waals surface area contributed by atoms with Gasteiger partial charge in [0.15, 0.2) is 0 Å². The molecule has 0 bridgehead atoms. The van der Waals surface area contributed by atoms with E-state index >= 15 is 0 Å². The number of hydrogen-bond donors (Lipinski definition) is 4. The number of nitrogens with one attached hydrogen (secondary N) is 3. The average Bonchev–Trinajstić information content (AvgIpc) is 3.41. The van der Waals surface area contributed by atoms with Crippen molar-refractivity contribution in [1.82, 2.24) is 0 Å². The highest BCUT2D eigenvalue weighted by molar-refractivity contribution is 6.33. The number of rotatable bonds is 5. The summed E-state index contributed by atoms with van der Waals surface area (Å²) in [6.07, 6.45) is 1.61. The Morgan fingerprint density at radius 2 is 1.68 bits per heavy atom. The van der Waals surface area contributed by atoms with Crippen LogP contribution in [0.5, 0.6) is 0 Å². The molecular formula is C32H24ClN3O4. The number of fused-ring (bicyclic) bond motifs is 2. The first-order valence-corrected chi connectivity index (χ1v) is 13.0. The molecule has 4 aromatic carbocycles. The van der Waals surface area contributed by atoms with Crippen LogP contribution < -0.4 is 16.0 Å². The van der Waals surface area contributed by atoms with Gasteiger partial charge in [0.1, 0.15) is 0 Å². The van der Waals surface area contributed by atoms with E-state index in [1.54, 1.807) is 36.5 Å². The number of hydrogen-bond acceptors (Lipinski definition) is 4. The zero-order valence-corrected chi connectivity index (χ0v) is 22.4. The molecule has 6 rings (SSSR count). The Labute approximate surface area is 235 Å². The molecule has 198 valence electrons. The molecular weight excluding hydrogens is 526 g/mol. The van der Waals surface area contributed by atoms with Crippen LogP contribution in [0, 0.1) is 13.8 Å². The van der Waals surface area contributed by atoms with Crippen molar-refractivity contribution < 1.29 is 19.5 Å². The Balaban J connectivity index is 1.44. The first kappa shape index (κ1) is 25.4. The van der Waals surface area contributed by atoms with E-state index in [1.165, 1.54) is 6.07 Å². The Morgan fingerprint density at radius 3 is 2.42 bits per heavy atom. The van der Waals surface area contributed by atoms with Gasteiger partial charge in [0.05, 0.1) is 17.1 Å². The minimum atomic E-state index is -1.03. The lowest BCUT2D eigenvalue weighted by molar-refractivity contribution is -0.116. The quantitative estimate of drug-likeness (QED) is 0.204. The second-order valence-corrected chi connectivity index (χ2v) is 10.5. The highest BCUT2D eigenvalue weighted by atomic mass is 35.5. The molecule has 2 heterocycles. The van der Waals surface area contributed by atoms with Gasteiger partial charge in [-0.15, -0.1) is 0 Å². The van der Waals surface area contributed by atoms with Gasteiger partial charge < -0.3 is 21.1 Å². The molecule has 0 radical (unpaired) electrons. The maximum Gasteiger partial charge on any atom is 0.335 e. The molecule has 0 aliphatic carbocycles. The van der Waals surface area contributed by atoms with E-state index in [1.807, 2.05) is 44.2 Å². The number of anilines is 3. The summed E-state index contributed by atoms with van der Waals surface area (Å²) >= 11 is 6.43. The van der Waals surface area contributed by atoms with Crippen molar-refractivity contribution in [3.8, 4) is 11.1 Å². The van der Waals surface area contributed by atoms with E-state index in [4.69, 9.17) is 11.6 Å². The summed E-state index contributed by atoms with van der Waals surface area (Å²) in [6, 6.07) is 21.6. The van der Waals surface area contributed by atoms with Crippen LogP contribution in [0.4, 0.5) is 17.1 Å². The minimum Gasteiger partial charge on any atom is -0.478 e. The van der Waals surface area contributed by atoms with Crippen molar-refractivity contribution in [3.05, 3.63) is 117 Å². The highest BCUT2D eigenvalue weighted by Crippen LogP contribution is 2.45. The van der Waals surface area contributed by atoms with Gasteiger partial charge in [0.2, 0.25) is 5.91 Å². The number of aryl methyl sites for hydroxylation is 2. The summed E-state index contributed by atoms with van der Waals surface area (Å²) in [6.45, 7) is 3.99. The summed E-state index contributed by atoms with van der Waals surface area (Å²) in [5.74, 6) is -2.03. The predicted octanol–water partition coefficient (Wildman–Crippen LogP) is 6.81. The van der Waals surface area contributed by atoms with Crippen LogP contribution in [0.1, 0.15) is 44.1 Å². The van der Waals surface area contributed by atoms with Crippen molar-refractivity contribution >= 4 is 52.0 Å². The fourth-order valence-electron chi connectivity index (χ4n) is 5.58. The second kappa shape index (κ2) is 9.70. The first-order chi connectivity index (χ1) is 19.2. The van der Waals surface area contributed by atoms with Crippen LogP contribution in [-0.4, -0.2) is 22.9 Å². The Kier molecular flexibility index (Phi) is 6.16. The summed E-state index contributed by atoms with van der Waals surface area (Å²) in [7, 11) is 0. The van der Waals surface area contributed by atoms with Crippen LogP contribution in [0.15, 0.2) is 79.0 Å². The lowest BCUT2D eigenvalue weighted by atomic mass is 9.89. The third-order valence-corrected chi connectivity index (χ3v) is 7.37. The second-order valence-electron chi connectivity index (χ2n) is 10.0. The van der Waals surface area contributed by atoms with Gasteiger partial charge in [-0.05, 0) is 60.9 Å². The van der Waals surface area contributed by atoms with Crippen molar-refractivity contribution in [1.29, 1.82) is 0 Å². The van der Waals surface area contributed by atoms with E-state index in [0.717, 1.165) is 22.3 Å². The van der Waals surface area contributed by atoms with E-state index in [9.17, 15) is 19.5 Å². The zero-order chi connectivity index (χ0) is 28.1. The summed E-state index contributed by atoms with van der Waals surface area (Å²) in [5, 5.41) is 19.0. The van der Waals surface area contributed by atoms with Crippen LogP contribution in [-0.2, 0) is 9.59 Å². The summed E-state index contributed by atoms with van der Waals surface area (Å²) < 4.78 is 0. The molecule has 0 saturated carbocycles. The van der Waals surface area contributed by atoms with Gasteiger partial charge in [-0.25, -0.2) is 4.79 Å². The molecule has 4 aromatic rings. The largest absolute Gasteiger partial charge is 0.478 e. The molecule has 2 aliphatic heterocycles. The van der Waals surface area contributed by atoms with Gasteiger partial charge in [-0.3, -0.25) is 9.59 Å². The van der Waals surface area contributed by atoms with Crippen molar-refractivity contribution in [3.63, 3.8) is 0 Å². The number of carbonyl (C=O) groups is 3. The minimum absolute atomic E-state index is 0.150. The Morgan fingerprint density at radius 1 is 0.925 bits per heavy atom. The SMILES string of the molecule is Cc1cc(C)cc(C2C(=O)Nc3cc(Cl)cc(NC=C4C(=O)Nc5cccc(-c6cccc(C(=O)O)c6)c54)c32)c1. The Bertz CT molecular complexity index is 1770. The molecule has 4 N–H and O–H groups in total. The first-order valence-electron chi connectivity index (χ1n) is 12.7. The lowest BCUT2D eigenvalue weighted by Crippen LogP contribution is -2.14. The average molecular weight is 550 g/mol. The monoisotopic (exact) mass is 549 g/mol. The van der Waals surface area contributed by atoms with E-state index in [2.05, 4.69) is 22.0 Å². The number of amides is 2. The molecule has 8 heteroatoms. The van der Waals surface area contributed by atoms with Crippen LogP contribution in [0.2, 0.25) is 5.02 Å². The third kappa shape index (κ3) is 4.40. The fraction of sp³-hybridized carbons (Fsp3) is 0.0938. The lowest BCUT2D eigenvalue weighted by Gasteiger charge is -2.16. The molecule has 0 fully saturated rings. The molecule has 2 amide bonds. The third-order valence-electron chi connectivity index (χ3n) is 7.15. The molecule has 2 aliphatic rings. The van der Waals surface area contributed by atoms with Crippen molar-refractivity contribution in [2.75, 3.05) is 16.0 Å². The molecule has 1 unspecified atom stereocenters. The van der Waals surface area contributed by atoms with Gasteiger partial charge in [0, 0.05) is 39.4 Å². The number of aromatic carboxylic acids is 1. The topological polar surface area (TPSA) is 108 Å².